The number of carbonyl (C=O) groups is 5. The van der Waals surface area contributed by atoms with E-state index in [1.54, 1.807) is 20.8 Å². The summed E-state index contributed by atoms with van der Waals surface area (Å²) in [5.41, 5.74) is 3.59. The van der Waals surface area contributed by atoms with E-state index in [-0.39, 0.29) is 23.5 Å². The Balaban J connectivity index is 1.53. The van der Waals surface area contributed by atoms with E-state index < -0.39 is 73.2 Å². The summed E-state index contributed by atoms with van der Waals surface area (Å²) in [6.07, 6.45) is 7.36. The number of hydrogen-bond acceptors (Lipinski definition) is 7. The lowest BCUT2D eigenvalue weighted by molar-refractivity contribution is -0.144. The smallest absolute Gasteiger partial charge is 0.315 e. The van der Waals surface area contributed by atoms with Crippen molar-refractivity contribution >= 4 is 39.4 Å². The number of carbonyl (C=O) groups excluding carboxylic acids is 5. The number of rotatable bonds is 11. The van der Waals surface area contributed by atoms with Crippen LogP contribution in [-0.4, -0.2) is 83.6 Å². The maximum atomic E-state index is 14.3. The molecule has 4 rings (SSSR count). The summed E-state index contributed by atoms with van der Waals surface area (Å²) in [6, 6.07) is -3.50. The zero-order valence-corrected chi connectivity index (χ0v) is 28.6. The molecular formula is C32H53N5O7S. The van der Waals surface area contributed by atoms with Gasteiger partial charge in [-0.25, -0.2) is 13.2 Å². The second-order valence-corrected chi connectivity index (χ2v) is 18.8. The van der Waals surface area contributed by atoms with Crippen molar-refractivity contribution in [3.05, 3.63) is 0 Å². The molecule has 254 valence electrons. The quantitative estimate of drug-likeness (QED) is 0.247. The highest BCUT2D eigenvalue weighted by Crippen LogP contribution is 2.46. The molecule has 0 radical (unpaired) electrons. The van der Waals surface area contributed by atoms with E-state index in [0.29, 0.717) is 25.8 Å². The summed E-state index contributed by atoms with van der Waals surface area (Å²) < 4.78 is 25.5. The third kappa shape index (κ3) is 8.00. The van der Waals surface area contributed by atoms with Gasteiger partial charge in [0.05, 0.1) is 22.1 Å². The number of sulfone groups is 1. The summed E-state index contributed by atoms with van der Waals surface area (Å²) in [5, 5.41) is 8.60. The number of nitrogens with zero attached hydrogens (tertiary/aromatic N) is 1. The Labute approximate surface area is 267 Å². The zero-order chi connectivity index (χ0) is 33.5. The molecule has 4 aliphatic rings. The van der Waals surface area contributed by atoms with Crippen LogP contribution >= 0.6 is 0 Å². The van der Waals surface area contributed by atoms with E-state index in [1.807, 2.05) is 20.8 Å². The number of Topliss-reactive ketones (excluding diaryl/α,β-unsaturated/α-hetero) is 1. The van der Waals surface area contributed by atoms with E-state index in [1.165, 1.54) is 4.90 Å². The molecule has 0 bridgehead atoms. The van der Waals surface area contributed by atoms with Crippen LogP contribution in [0.5, 0.6) is 0 Å². The number of ketones is 1. The van der Waals surface area contributed by atoms with Crippen LogP contribution in [0, 0.1) is 23.2 Å². The standard InChI is InChI=1S/C32H53N5O7S/c1-30(2,3)25(35-29(42)36-32(14-8-7-9-15-32)18-45(43,44)31(4,5)6)28(41)37-17-20-12-13-21(20)23(37)27(40)34-22(16-19-10-11-19)24(38)26(33)39/h19-23,25H,7-18H2,1-6H3,(H2,33,39)(H,34,40)(H2,35,36,42)/t20?,21?,22?,23-,25+/m0/s1. The van der Waals surface area contributed by atoms with Crippen LogP contribution < -0.4 is 21.7 Å². The number of fused-ring (bicyclic) bond motifs is 1. The largest absolute Gasteiger partial charge is 0.363 e. The van der Waals surface area contributed by atoms with Crippen molar-refractivity contribution in [3.8, 4) is 0 Å². The van der Waals surface area contributed by atoms with Crippen molar-refractivity contribution in [1.29, 1.82) is 0 Å². The third-order valence-corrected chi connectivity index (χ3v) is 13.1. The van der Waals surface area contributed by atoms with E-state index >= 15 is 0 Å². The van der Waals surface area contributed by atoms with Gasteiger partial charge in [-0.3, -0.25) is 19.2 Å². The van der Waals surface area contributed by atoms with Crippen molar-refractivity contribution < 1.29 is 32.4 Å². The summed E-state index contributed by atoms with van der Waals surface area (Å²) in [7, 11) is -3.55. The Hall–Kier alpha value is -2.70. The predicted octanol–water partition coefficient (Wildman–Crippen LogP) is 2.19. The summed E-state index contributed by atoms with van der Waals surface area (Å²) in [6.45, 7) is 10.8. The lowest BCUT2D eigenvalue weighted by Crippen LogP contribution is -2.63. The van der Waals surface area contributed by atoms with Crippen LogP contribution in [0.4, 0.5) is 4.79 Å². The Morgan fingerprint density at radius 1 is 0.911 bits per heavy atom. The Morgan fingerprint density at radius 3 is 2.02 bits per heavy atom. The number of nitrogens with two attached hydrogens (primary N) is 1. The molecule has 0 aromatic carbocycles. The molecule has 3 aliphatic carbocycles. The second kappa shape index (κ2) is 12.8. The molecule has 45 heavy (non-hydrogen) atoms. The number of hydrogen-bond donors (Lipinski definition) is 4. The Kier molecular flexibility index (Phi) is 10.0. The van der Waals surface area contributed by atoms with Crippen LogP contribution in [0.1, 0.15) is 106 Å². The molecule has 5 N–H and O–H groups in total. The van der Waals surface area contributed by atoms with Crippen molar-refractivity contribution in [2.75, 3.05) is 12.3 Å². The average molecular weight is 652 g/mol. The van der Waals surface area contributed by atoms with Gasteiger partial charge in [0.1, 0.15) is 12.1 Å². The molecule has 1 heterocycles. The van der Waals surface area contributed by atoms with E-state index in [4.69, 9.17) is 5.73 Å². The molecule has 0 aromatic rings. The highest BCUT2D eigenvalue weighted by molar-refractivity contribution is 7.92. The molecular weight excluding hydrogens is 598 g/mol. The van der Waals surface area contributed by atoms with E-state index in [9.17, 15) is 32.4 Å². The molecule has 13 heteroatoms. The van der Waals surface area contributed by atoms with Gasteiger partial charge in [-0.1, -0.05) is 52.9 Å². The van der Waals surface area contributed by atoms with Gasteiger partial charge >= 0.3 is 6.03 Å². The minimum Gasteiger partial charge on any atom is -0.363 e. The summed E-state index contributed by atoms with van der Waals surface area (Å²) in [5.74, 6) is -2.73. The predicted molar refractivity (Wildman–Crippen MR) is 169 cm³/mol. The van der Waals surface area contributed by atoms with E-state index in [0.717, 1.165) is 44.9 Å². The molecule has 3 saturated carbocycles. The first-order chi connectivity index (χ1) is 20.7. The number of likely N-dealkylation sites (tertiary alicyclic amines) is 1. The molecule has 3 unspecified atom stereocenters. The van der Waals surface area contributed by atoms with Crippen LogP contribution in [0.2, 0.25) is 0 Å². The first kappa shape index (κ1) is 35.2. The van der Waals surface area contributed by atoms with Crippen LogP contribution in [-0.2, 0) is 29.0 Å². The average Bonchev–Trinajstić information content (AvgIpc) is 3.67. The highest BCUT2D eigenvalue weighted by atomic mass is 32.2. The molecule has 1 saturated heterocycles. The SMILES string of the molecule is CC(C)(C)[C@H](NC(=O)NC1(CS(=O)(=O)C(C)(C)C)CCCCC1)C(=O)N1CC2CCC2[C@H]1C(=O)NC(CC1CC1)C(=O)C(N)=O. The Morgan fingerprint density at radius 2 is 1.53 bits per heavy atom. The second-order valence-electron chi connectivity index (χ2n) is 16.0. The van der Waals surface area contributed by atoms with Crippen LogP contribution in [0.25, 0.3) is 0 Å². The van der Waals surface area contributed by atoms with Crippen LogP contribution in [0.15, 0.2) is 0 Å². The van der Waals surface area contributed by atoms with Gasteiger partial charge in [0.2, 0.25) is 17.6 Å². The van der Waals surface area contributed by atoms with Gasteiger partial charge in [0, 0.05) is 6.54 Å². The molecule has 12 nitrogen and oxygen atoms in total. The van der Waals surface area contributed by atoms with Crippen molar-refractivity contribution in [2.45, 2.75) is 134 Å². The first-order valence-corrected chi connectivity index (χ1v) is 18.2. The summed E-state index contributed by atoms with van der Waals surface area (Å²) in [4.78, 5) is 67.4. The fraction of sp³-hybridized carbons (Fsp3) is 0.844. The minimum absolute atomic E-state index is 0.0817. The monoisotopic (exact) mass is 651 g/mol. The van der Waals surface area contributed by atoms with Gasteiger partial charge in [0.25, 0.3) is 5.91 Å². The normalized spacial score (nSPS) is 26.1. The molecule has 0 aromatic heterocycles. The van der Waals surface area contributed by atoms with Crippen molar-refractivity contribution in [3.63, 3.8) is 0 Å². The van der Waals surface area contributed by atoms with Crippen LogP contribution in [0.3, 0.4) is 0 Å². The molecule has 5 amide bonds. The number of primary amides is 1. The van der Waals surface area contributed by atoms with Gasteiger partial charge < -0.3 is 26.6 Å². The van der Waals surface area contributed by atoms with Gasteiger partial charge in [-0.05, 0) is 76.0 Å². The maximum Gasteiger partial charge on any atom is 0.315 e. The Bertz CT molecular complexity index is 1290. The van der Waals surface area contributed by atoms with Gasteiger partial charge in [0.15, 0.2) is 9.84 Å². The lowest BCUT2D eigenvalue weighted by atomic mass is 9.73. The molecule has 1 aliphatic heterocycles. The maximum absolute atomic E-state index is 14.3. The number of amides is 5. The lowest BCUT2D eigenvalue weighted by Gasteiger charge is -2.41. The van der Waals surface area contributed by atoms with Crippen molar-refractivity contribution in [1.82, 2.24) is 20.9 Å². The molecule has 0 spiro atoms. The third-order valence-electron chi connectivity index (χ3n) is 10.3. The fourth-order valence-electron chi connectivity index (χ4n) is 7.08. The number of nitrogens with one attached hydrogen (secondary N) is 3. The first-order valence-electron chi connectivity index (χ1n) is 16.5. The minimum atomic E-state index is -3.55. The van der Waals surface area contributed by atoms with E-state index in [2.05, 4.69) is 16.0 Å². The molecule has 5 atom stereocenters. The highest BCUT2D eigenvalue weighted by Gasteiger charge is 2.54. The summed E-state index contributed by atoms with van der Waals surface area (Å²) >= 11 is 0. The molecule has 4 fully saturated rings. The zero-order valence-electron chi connectivity index (χ0n) is 27.7. The topological polar surface area (TPSA) is 185 Å². The van der Waals surface area contributed by atoms with Gasteiger partial charge in [-0.2, -0.15) is 0 Å². The van der Waals surface area contributed by atoms with Gasteiger partial charge in [-0.15, -0.1) is 0 Å². The fourth-order valence-corrected chi connectivity index (χ4v) is 8.60. The van der Waals surface area contributed by atoms with Crippen molar-refractivity contribution in [2.24, 2.45) is 28.9 Å². The number of urea groups is 1.